The van der Waals surface area contributed by atoms with Crippen LogP contribution in [0.4, 0.5) is 0 Å². The standard InChI is InChI=1S/C11H16O3S/c1-8-4-9(5-12)2-3-11(8)15-7-10(14)6-13/h2-4,10,12-14H,5-7H2,1H3. The lowest BCUT2D eigenvalue weighted by Gasteiger charge is -2.09. The van der Waals surface area contributed by atoms with Crippen molar-refractivity contribution in [1.29, 1.82) is 0 Å². The van der Waals surface area contributed by atoms with Crippen LogP contribution in [-0.4, -0.2) is 33.8 Å². The molecule has 0 spiro atoms. The molecule has 0 aromatic heterocycles. The minimum atomic E-state index is -0.674. The van der Waals surface area contributed by atoms with Gasteiger partial charge in [0, 0.05) is 10.6 Å². The molecule has 0 aliphatic carbocycles. The van der Waals surface area contributed by atoms with Crippen LogP contribution in [0.3, 0.4) is 0 Å². The average Bonchev–Trinajstić information content (AvgIpc) is 2.26. The van der Waals surface area contributed by atoms with Gasteiger partial charge in [-0.05, 0) is 24.1 Å². The van der Waals surface area contributed by atoms with E-state index in [0.717, 1.165) is 16.0 Å². The van der Waals surface area contributed by atoms with Crippen molar-refractivity contribution in [2.45, 2.75) is 24.5 Å². The lowest BCUT2D eigenvalue weighted by atomic mass is 10.1. The van der Waals surface area contributed by atoms with E-state index in [-0.39, 0.29) is 13.2 Å². The van der Waals surface area contributed by atoms with Crippen molar-refractivity contribution in [3.8, 4) is 0 Å². The molecular weight excluding hydrogens is 212 g/mol. The first-order valence-corrected chi connectivity index (χ1v) is 5.78. The van der Waals surface area contributed by atoms with Gasteiger partial charge in [-0.1, -0.05) is 12.1 Å². The van der Waals surface area contributed by atoms with Crippen molar-refractivity contribution in [2.75, 3.05) is 12.4 Å². The fraction of sp³-hybridized carbons (Fsp3) is 0.455. The van der Waals surface area contributed by atoms with Crippen LogP contribution in [0.5, 0.6) is 0 Å². The Morgan fingerprint density at radius 2 is 2.07 bits per heavy atom. The second-order valence-corrected chi connectivity index (χ2v) is 4.47. The van der Waals surface area contributed by atoms with Gasteiger partial charge < -0.3 is 15.3 Å². The molecular formula is C11H16O3S. The Labute approximate surface area is 93.8 Å². The van der Waals surface area contributed by atoms with Gasteiger partial charge >= 0.3 is 0 Å². The molecule has 1 atom stereocenters. The SMILES string of the molecule is Cc1cc(CO)ccc1SCC(O)CO. The van der Waals surface area contributed by atoms with Gasteiger partial charge in [-0.15, -0.1) is 11.8 Å². The summed E-state index contributed by atoms with van der Waals surface area (Å²) >= 11 is 1.51. The van der Waals surface area contributed by atoms with Gasteiger partial charge in [0.25, 0.3) is 0 Å². The Morgan fingerprint density at radius 3 is 2.60 bits per heavy atom. The predicted octanol–water partition coefficient (Wildman–Crippen LogP) is 0.933. The van der Waals surface area contributed by atoms with Crippen molar-refractivity contribution in [2.24, 2.45) is 0 Å². The van der Waals surface area contributed by atoms with Crippen LogP contribution in [0.25, 0.3) is 0 Å². The summed E-state index contributed by atoms with van der Waals surface area (Å²) in [6.45, 7) is 1.80. The first-order valence-electron chi connectivity index (χ1n) is 4.79. The minimum absolute atomic E-state index is 0.0467. The Hall–Kier alpha value is -0.550. The molecule has 0 radical (unpaired) electrons. The molecule has 3 nitrogen and oxygen atoms in total. The average molecular weight is 228 g/mol. The predicted molar refractivity (Wildman–Crippen MR) is 60.9 cm³/mol. The summed E-state index contributed by atoms with van der Waals surface area (Å²) in [6, 6.07) is 5.71. The summed E-state index contributed by atoms with van der Waals surface area (Å²) in [7, 11) is 0. The molecule has 84 valence electrons. The molecule has 1 rings (SSSR count). The monoisotopic (exact) mass is 228 g/mol. The number of aryl methyl sites for hydroxylation is 1. The van der Waals surface area contributed by atoms with Crippen LogP contribution in [0, 0.1) is 6.92 Å². The van der Waals surface area contributed by atoms with E-state index in [9.17, 15) is 5.11 Å². The third-order valence-electron chi connectivity index (χ3n) is 2.06. The van der Waals surface area contributed by atoms with Gasteiger partial charge in [-0.25, -0.2) is 0 Å². The number of rotatable bonds is 5. The zero-order valence-corrected chi connectivity index (χ0v) is 9.50. The third-order valence-corrected chi connectivity index (χ3v) is 3.38. The number of aliphatic hydroxyl groups is 3. The zero-order valence-electron chi connectivity index (χ0n) is 8.68. The summed E-state index contributed by atoms with van der Waals surface area (Å²) in [5.74, 6) is 0.482. The molecule has 0 aliphatic heterocycles. The van der Waals surface area contributed by atoms with Gasteiger partial charge in [-0.3, -0.25) is 0 Å². The maximum atomic E-state index is 9.20. The Kier molecular flexibility index (Phi) is 5.11. The van der Waals surface area contributed by atoms with Gasteiger partial charge in [0.05, 0.1) is 19.3 Å². The first-order chi connectivity index (χ1) is 7.17. The summed E-state index contributed by atoms with van der Waals surface area (Å²) in [4.78, 5) is 1.07. The van der Waals surface area contributed by atoms with Crippen LogP contribution in [0.2, 0.25) is 0 Å². The lowest BCUT2D eigenvalue weighted by Crippen LogP contribution is -2.14. The van der Waals surface area contributed by atoms with Crippen molar-refractivity contribution in [1.82, 2.24) is 0 Å². The third kappa shape index (κ3) is 3.83. The highest BCUT2D eigenvalue weighted by Gasteiger charge is 2.05. The van der Waals surface area contributed by atoms with E-state index in [1.54, 1.807) is 0 Å². The fourth-order valence-corrected chi connectivity index (χ4v) is 2.14. The first kappa shape index (κ1) is 12.5. The largest absolute Gasteiger partial charge is 0.394 e. The van der Waals surface area contributed by atoms with Gasteiger partial charge in [-0.2, -0.15) is 0 Å². The van der Waals surface area contributed by atoms with Gasteiger partial charge in [0.1, 0.15) is 0 Å². The van der Waals surface area contributed by atoms with E-state index in [1.165, 1.54) is 11.8 Å². The van der Waals surface area contributed by atoms with Crippen LogP contribution in [-0.2, 0) is 6.61 Å². The van der Waals surface area contributed by atoms with Crippen molar-refractivity contribution in [3.63, 3.8) is 0 Å². The van der Waals surface area contributed by atoms with E-state index in [4.69, 9.17) is 10.2 Å². The second kappa shape index (κ2) is 6.12. The summed E-state index contributed by atoms with van der Waals surface area (Å²) in [6.07, 6.45) is -0.674. The lowest BCUT2D eigenvalue weighted by molar-refractivity contribution is 0.113. The number of thioether (sulfide) groups is 1. The summed E-state index contributed by atoms with van der Waals surface area (Å²) in [5, 5.41) is 26.8. The molecule has 1 aromatic rings. The van der Waals surface area contributed by atoms with E-state index in [2.05, 4.69) is 0 Å². The second-order valence-electron chi connectivity index (χ2n) is 3.41. The molecule has 1 aromatic carbocycles. The normalized spacial score (nSPS) is 12.8. The number of aliphatic hydroxyl groups excluding tert-OH is 3. The summed E-state index contributed by atoms with van der Waals surface area (Å²) < 4.78 is 0. The molecule has 0 heterocycles. The van der Waals surface area contributed by atoms with Crippen LogP contribution < -0.4 is 0 Å². The van der Waals surface area contributed by atoms with Crippen molar-refractivity contribution in [3.05, 3.63) is 29.3 Å². The maximum absolute atomic E-state index is 9.20. The van der Waals surface area contributed by atoms with E-state index in [0.29, 0.717) is 5.75 Å². The molecule has 15 heavy (non-hydrogen) atoms. The Bertz CT molecular complexity index is 315. The zero-order chi connectivity index (χ0) is 11.3. The topological polar surface area (TPSA) is 60.7 Å². The smallest absolute Gasteiger partial charge is 0.0864 e. The van der Waals surface area contributed by atoms with E-state index < -0.39 is 6.10 Å². The molecule has 1 unspecified atom stereocenters. The van der Waals surface area contributed by atoms with Crippen LogP contribution in [0.1, 0.15) is 11.1 Å². The van der Waals surface area contributed by atoms with Crippen LogP contribution >= 0.6 is 11.8 Å². The minimum Gasteiger partial charge on any atom is -0.394 e. The highest BCUT2D eigenvalue weighted by Crippen LogP contribution is 2.23. The Balaban J connectivity index is 2.62. The molecule has 0 saturated carbocycles. The van der Waals surface area contributed by atoms with Gasteiger partial charge in [0.15, 0.2) is 0 Å². The molecule has 0 saturated heterocycles. The highest BCUT2D eigenvalue weighted by atomic mass is 32.2. The quantitative estimate of drug-likeness (QED) is 0.656. The molecule has 3 N–H and O–H groups in total. The molecule has 0 fully saturated rings. The highest BCUT2D eigenvalue weighted by molar-refractivity contribution is 7.99. The molecule has 0 aliphatic rings. The fourth-order valence-electron chi connectivity index (χ4n) is 1.21. The Morgan fingerprint density at radius 1 is 1.33 bits per heavy atom. The van der Waals surface area contributed by atoms with Crippen LogP contribution in [0.15, 0.2) is 23.1 Å². The van der Waals surface area contributed by atoms with Gasteiger partial charge in [0.2, 0.25) is 0 Å². The van der Waals surface area contributed by atoms with Crippen molar-refractivity contribution < 1.29 is 15.3 Å². The number of benzene rings is 1. The van der Waals surface area contributed by atoms with E-state index in [1.807, 2.05) is 25.1 Å². The molecule has 0 amide bonds. The number of hydrogen-bond acceptors (Lipinski definition) is 4. The van der Waals surface area contributed by atoms with Crippen molar-refractivity contribution >= 4 is 11.8 Å². The van der Waals surface area contributed by atoms with E-state index >= 15 is 0 Å². The maximum Gasteiger partial charge on any atom is 0.0864 e. The summed E-state index contributed by atoms with van der Waals surface area (Å²) in [5.41, 5.74) is 1.97. The number of hydrogen-bond donors (Lipinski definition) is 3. The molecule has 0 bridgehead atoms. The molecule has 4 heteroatoms.